The highest BCUT2D eigenvalue weighted by atomic mass is 35.5. The number of halogens is 1. The molecule has 0 fully saturated rings. The van der Waals surface area contributed by atoms with E-state index in [0.717, 1.165) is 17.2 Å². The maximum absolute atomic E-state index is 12.3. The lowest BCUT2D eigenvalue weighted by Crippen LogP contribution is -2.32. The third kappa shape index (κ3) is 6.88. The largest absolute Gasteiger partial charge is 0.454 e. The molecule has 0 saturated heterocycles. The second-order valence-electron chi connectivity index (χ2n) is 7.13. The summed E-state index contributed by atoms with van der Waals surface area (Å²) in [6, 6.07) is 20.6. The van der Waals surface area contributed by atoms with Crippen LogP contribution in [0.4, 0.5) is 11.4 Å². The molecule has 3 rings (SSSR count). The van der Waals surface area contributed by atoms with Crippen LogP contribution >= 0.6 is 11.6 Å². The Hall–Kier alpha value is -4.24. The van der Waals surface area contributed by atoms with Crippen molar-refractivity contribution in [2.24, 2.45) is 0 Å². The summed E-state index contributed by atoms with van der Waals surface area (Å²) in [4.78, 5) is 46.5. The predicted molar refractivity (Wildman–Crippen MR) is 126 cm³/mol. The molecule has 0 spiro atoms. The molecule has 0 atom stereocenters. The van der Waals surface area contributed by atoms with Crippen LogP contribution in [0.25, 0.3) is 0 Å². The number of hydrogen-bond acceptors (Lipinski definition) is 6. The van der Waals surface area contributed by atoms with E-state index in [2.05, 4.69) is 10.6 Å². The topological polar surface area (TPSA) is 128 Å². The molecule has 0 aliphatic carbocycles. The van der Waals surface area contributed by atoms with Crippen LogP contribution < -0.4 is 10.6 Å². The average molecular weight is 482 g/mol. The molecular formula is C24H20ClN3O6. The Morgan fingerprint density at radius 1 is 0.971 bits per heavy atom. The second-order valence-corrected chi connectivity index (χ2v) is 7.54. The van der Waals surface area contributed by atoms with Crippen LogP contribution in [0.5, 0.6) is 0 Å². The fraction of sp³-hybridized carbons (Fsp3) is 0.125. The van der Waals surface area contributed by atoms with Crippen molar-refractivity contribution in [2.75, 3.05) is 18.5 Å². The standard InChI is InChI=1S/C24H20ClN3O6/c25-19-11-10-18(13-21(19)28(32)33)24(31)26-14-23(30)34-15-22(29)27-20-9-5-4-8-17(20)12-16-6-2-1-3-7-16/h1-11,13H,12,14-15H2,(H,26,31)(H,27,29). The van der Waals surface area contributed by atoms with Crippen LogP contribution in [0, 0.1) is 10.1 Å². The van der Waals surface area contributed by atoms with Crippen LogP contribution in [-0.4, -0.2) is 35.9 Å². The van der Waals surface area contributed by atoms with E-state index in [1.165, 1.54) is 12.1 Å². The first-order valence-corrected chi connectivity index (χ1v) is 10.5. The van der Waals surface area contributed by atoms with Gasteiger partial charge in [0.2, 0.25) is 0 Å². The van der Waals surface area contributed by atoms with Crippen molar-refractivity contribution in [3.8, 4) is 0 Å². The zero-order valence-corrected chi connectivity index (χ0v) is 18.6. The third-order valence-electron chi connectivity index (χ3n) is 4.69. The minimum absolute atomic E-state index is 0.0448. The number of nitro groups is 1. The second kappa shape index (κ2) is 11.6. The molecule has 0 heterocycles. The molecule has 0 bridgehead atoms. The maximum atomic E-state index is 12.3. The Labute approximate surface area is 199 Å². The molecule has 34 heavy (non-hydrogen) atoms. The summed E-state index contributed by atoms with van der Waals surface area (Å²) < 4.78 is 4.91. The summed E-state index contributed by atoms with van der Waals surface area (Å²) in [5, 5.41) is 15.8. The van der Waals surface area contributed by atoms with Crippen molar-refractivity contribution < 1.29 is 24.0 Å². The Balaban J connectivity index is 1.48. The van der Waals surface area contributed by atoms with Crippen molar-refractivity contribution in [3.05, 3.63) is 105 Å². The number of anilines is 1. The van der Waals surface area contributed by atoms with Crippen molar-refractivity contribution in [3.63, 3.8) is 0 Å². The first kappa shape index (κ1) is 24.4. The van der Waals surface area contributed by atoms with Gasteiger partial charge >= 0.3 is 5.97 Å². The van der Waals surface area contributed by atoms with Crippen molar-refractivity contribution in [1.29, 1.82) is 0 Å². The molecule has 2 N–H and O–H groups in total. The van der Waals surface area contributed by atoms with Gasteiger partial charge in [-0.05, 0) is 35.7 Å². The zero-order valence-electron chi connectivity index (χ0n) is 17.8. The van der Waals surface area contributed by atoms with Crippen LogP contribution in [0.2, 0.25) is 5.02 Å². The molecule has 0 saturated carbocycles. The van der Waals surface area contributed by atoms with Crippen LogP contribution in [0.1, 0.15) is 21.5 Å². The van der Waals surface area contributed by atoms with Gasteiger partial charge in [-0.3, -0.25) is 24.5 Å². The summed E-state index contributed by atoms with van der Waals surface area (Å²) in [6.45, 7) is -1.06. The lowest BCUT2D eigenvalue weighted by molar-refractivity contribution is -0.384. The Morgan fingerprint density at radius 2 is 1.68 bits per heavy atom. The summed E-state index contributed by atoms with van der Waals surface area (Å²) in [5.41, 5.74) is 2.11. The van der Waals surface area contributed by atoms with E-state index < -0.39 is 41.5 Å². The lowest BCUT2D eigenvalue weighted by Gasteiger charge is -2.12. The normalized spacial score (nSPS) is 10.3. The number of ether oxygens (including phenoxy) is 1. The SMILES string of the molecule is O=C(COC(=O)CNC(=O)c1ccc(Cl)c([N+](=O)[O-])c1)Nc1ccccc1Cc1ccccc1. The zero-order chi connectivity index (χ0) is 24.5. The van der Waals surface area contributed by atoms with E-state index in [9.17, 15) is 24.5 Å². The van der Waals surface area contributed by atoms with Gasteiger partial charge in [0.15, 0.2) is 6.61 Å². The summed E-state index contributed by atoms with van der Waals surface area (Å²) >= 11 is 5.72. The molecule has 9 nitrogen and oxygen atoms in total. The monoisotopic (exact) mass is 481 g/mol. The Bertz CT molecular complexity index is 1220. The van der Waals surface area contributed by atoms with Gasteiger partial charge in [0.05, 0.1) is 4.92 Å². The van der Waals surface area contributed by atoms with Gasteiger partial charge in [0.1, 0.15) is 11.6 Å². The molecule has 174 valence electrons. The van der Waals surface area contributed by atoms with Gasteiger partial charge in [0, 0.05) is 17.3 Å². The number of rotatable bonds is 9. The van der Waals surface area contributed by atoms with Crippen molar-refractivity contribution in [2.45, 2.75) is 6.42 Å². The Kier molecular flexibility index (Phi) is 8.31. The van der Waals surface area contributed by atoms with Gasteiger partial charge in [0.25, 0.3) is 17.5 Å². The number of nitro benzene ring substituents is 1. The molecule has 10 heteroatoms. The van der Waals surface area contributed by atoms with Crippen molar-refractivity contribution in [1.82, 2.24) is 5.32 Å². The molecule has 0 aromatic heterocycles. The first-order valence-electron chi connectivity index (χ1n) is 10.1. The molecular weight excluding hydrogens is 462 g/mol. The van der Waals surface area contributed by atoms with Gasteiger partial charge < -0.3 is 15.4 Å². The molecule has 3 aromatic rings. The molecule has 0 unspecified atom stereocenters. The molecule has 0 radical (unpaired) electrons. The van der Waals surface area contributed by atoms with E-state index in [1.807, 2.05) is 42.5 Å². The maximum Gasteiger partial charge on any atom is 0.325 e. The molecule has 3 aromatic carbocycles. The molecule has 2 amide bonds. The number of para-hydroxylation sites is 1. The van der Waals surface area contributed by atoms with E-state index in [4.69, 9.17) is 16.3 Å². The number of carbonyl (C=O) groups is 3. The highest BCUT2D eigenvalue weighted by molar-refractivity contribution is 6.32. The fourth-order valence-electron chi connectivity index (χ4n) is 3.04. The summed E-state index contributed by atoms with van der Waals surface area (Å²) in [7, 11) is 0. The van der Waals surface area contributed by atoms with E-state index >= 15 is 0 Å². The fourth-order valence-corrected chi connectivity index (χ4v) is 3.23. The van der Waals surface area contributed by atoms with Crippen LogP contribution in [-0.2, 0) is 20.7 Å². The first-order chi connectivity index (χ1) is 16.3. The minimum atomic E-state index is -0.843. The van der Waals surface area contributed by atoms with Crippen LogP contribution in [0.15, 0.2) is 72.8 Å². The average Bonchev–Trinajstić information content (AvgIpc) is 2.83. The van der Waals surface area contributed by atoms with Crippen molar-refractivity contribution >= 4 is 40.8 Å². The van der Waals surface area contributed by atoms with E-state index in [-0.39, 0.29) is 10.6 Å². The minimum Gasteiger partial charge on any atom is -0.454 e. The number of carbonyl (C=O) groups excluding carboxylic acids is 3. The highest BCUT2D eigenvalue weighted by Crippen LogP contribution is 2.25. The van der Waals surface area contributed by atoms with Gasteiger partial charge in [-0.15, -0.1) is 0 Å². The third-order valence-corrected chi connectivity index (χ3v) is 5.01. The Morgan fingerprint density at radius 3 is 2.41 bits per heavy atom. The number of benzene rings is 3. The predicted octanol–water partition coefficient (Wildman–Crippen LogP) is 3.75. The van der Waals surface area contributed by atoms with Gasteiger partial charge in [-0.25, -0.2) is 0 Å². The smallest absolute Gasteiger partial charge is 0.325 e. The number of nitrogens with zero attached hydrogens (tertiary/aromatic N) is 1. The van der Waals surface area contributed by atoms with E-state index in [1.54, 1.807) is 12.1 Å². The number of amides is 2. The number of hydrogen-bond donors (Lipinski definition) is 2. The number of nitrogens with one attached hydrogen (secondary N) is 2. The summed E-state index contributed by atoms with van der Waals surface area (Å²) in [6.07, 6.45) is 0.617. The quantitative estimate of drug-likeness (QED) is 0.272. The van der Waals surface area contributed by atoms with Gasteiger partial charge in [-0.1, -0.05) is 60.1 Å². The van der Waals surface area contributed by atoms with E-state index in [0.29, 0.717) is 12.1 Å². The highest BCUT2D eigenvalue weighted by Gasteiger charge is 2.17. The molecule has 0 aliphatic heterocycles. The summed E-state index contributed by atoms with van der Waals surface area (Å²) in [5.74, 6) is -2.10. The number of esters is 1. The van der Waals surface area contributed by atoms with Crippen LogP contribution in [0.3, 0.4) is 0 Å². The lowest BCUT2D eigenvalue weighted by atomic mass is 10.0. The van der Waals surface area contributed by atoms with Gasteiger partial charge in [-0.2, -0.15) is 0 Å². The molecule has 0 aliphatic rings.